The second-order valence-electron chi connectivity index (χ2n) is 4.94. The first-order chi connectivity index (χ1) is 9.72. The van der Waals surface area contributed by atoms with Crippen molar-refractivity contribution in [1.29, 1.82) is 0 Å². The van der Waals surface area contributed by atoms with Crippen LogP contribution < -0.4 is 10.1 Å². The summed E-state index contributed by atoms with van der Waals surface area (Å²) >= 11 is 0. The van der Waals surface area contributed by atoms with Gasteiger partial charge in [0.25, 0.3) is 0 Å². The van der Waals surface area contributed by atoms with Gasteiger partial charge in [-0.15, -0.1) is 0 Å². The predicted molar refractivity (Wildman–Crippen MR) is 78.4 cm³/mol. The third-order valence-corrected chi connectivity index (χ3v) is 3.59. The number of benzene rings is 1. The number of likely N-dealkylation sites (tertiary alicyclic amines) is 1. The Hall–Kier alpha value is -1.82. The zero-order chi connectivity index (χ0) is 14.4. The molecule has 0 spiro atoms. The first-order valence-corrected chi connectivity index (χ1v) is 7.00. The number of methoxy groups -OCH3 is 1. The van der Waals surface area contributed by atoms with Crippen LogP contribution in [0.1, 0.15) is 19.3 Å². The van der Waals surface area contributed by atoms with Crippen LogP contribution in [-0.2, 0) is 0 Å². The summed E-state index contributed by atoms with van der Waals surface area (Å²) in [5.41, 5.74) is 0.528. The Balaban J connectivity index is 1.96. The Kier molecular flexibility index (Phi) is 5.17. The molecule has 6 heteroatoms. The van der Waals surface area contributed by atoms with Gasteiger partial charge in [-0.25, -0.2) is 0 Å². The van der Waals surface area contributed by atoms with E-state index in [0.717, 1.165) is 19.6 Å². The number of piperidine rings is 1. The minimum absolute atomic E-state index is 0.00800. The van der Waals surface area contributed by atoms with Gasteiger partial charge in [-0.1, -0.05) is 12.5 Å². The van der Waals surface area contributed by atoms with Gasteiger partial charge in [0.2, 0.25) is 0 Å². The summed E-state index contributed by atoms with van der Waals surface area (Å²) in [6.45, 7) is 3.87. The van der Waals surface area contributed by atoms with Crippen LogP contribution in [0.25, 0.3) is 0 Å². The number of nitrogens with one attached hydrogen (secondary N) is 1. The van der Waals surface area contributed by atoms with Crippen LogP contribution >= 0.6 is 0 Å². The van der Waals surface area contributed by atoms with E-state index in [-0.39, 0.29) is 11.4 Å². The fourth-order valence-electron chi connectivity index (χ4n) is 2.55. The molecule has 6 nitrogen and oxygen atoms in total. The predicted octanol–water partition coefficient (Wildman–Crippen LogP) is 2.50. The van der Waals surface area contributed by atoms with Crippen LogP contribution in [-0.4, -0.2) is 43.1 Å². The second kappa shape index (κ2) is 7.09. The Bertz CT molecular complexity index is 459. The molecule has 20 heavy (non-hydrogen) atoms. The van der Waals surface area contributed by atoms with Gasteiger partial charge in [0.1, 0.15) is 5.69 Å². The molecule has 0 atom stereocenters. The molecule has 1 saturated heterocycles. The third kappa shape index (κ3) is 3.60. The second-order valence-corrected chi connectivity index (χ2v) is 4.94. The van der Waals surface area contributed by atoms with Crippen LogP contribution in [0.2, 0.25) is 0 Å². The van der Waals surface area contributed by atoms with E-state index in [2.05, 4.69) is 10.2 Å². The first kappa shape index (κ1) is 14.6. The van der Waals surface area contributed by atoms with Gasteiger partial charge in [0, 0.05) is 13.1 Å². The molecule has 1 aromatic rings. The number of para-hydroxylation sites is 1. The minimum Gasteiger partial charge on any atom is -0.490 e. The topological polar surface area (TPSA) is 67.6 Å². The molecule has 0 radical (unpaired) electrons. The van der Waals surface area contributed by atoms with Crippen molar-refractivity contribution in [1.82, 2.24) is 4.90 Å². The minimum atomic E-state index is -0.401. The highest BCUT2D eigenvalue weighted by molar-refractivity contribution is 5.68. The maximum atomic E-state index is 11.1. The van der Waals surface area contributed by atoms with E-state index in [1.54, 1.807) is 18.2 Å². The van der Waals surface area contributed by atoms with E-state index in [0.29, 0.717) is 12.2 Å². The molecule has 0 amide bonds. The maximum Gasteiger partial charge on any atom is 0.333 e. The monoisotopic (exact) mass is 279 g/mol. The molecule has 0 saturated carbocycles. The highest BCUT2D eigenvalue weighted by Crippen LogP contribution is 2.34. The molecule has 1 aliphatic rings. The van der Waals surface area contributed by atoms with E-state index in [9.17, 15) is 10.1 Å². The summed E-state index contributed by atoms with van der Waals surface area (Å²) in [7, 11) is 1.44. The molecule has 1 N–H and O–H groups in total. The molecule has 1 aromatic carbocycles. The van der Waals surface area contributed by atoms with Gasteiger partial charge >= 0.3 is 5.69 Å². The number of ether oxygens (including phenoxy) is 1. The number of rotatable bonds is 6. The molecule has 110 valence electrons. The standard InChI is InChI=1S/C14H21N3O3/c1-20-13-7-5-6-12(14(13)17(18)19)15-8-11-16-9-3-2-4-10-16/h5-7,15H,2-4,8-11H2,1H3. The van der Waals surface area contributed by atoms with Crippen LogP contribution in [0.4, 0.5) is 11.4 Å². The van der Waals surface area contributed by atoms with Crippen molar-refractivity contribution in [3.8, 4) is 5.75 Å². The number of nitro groups is 1. The quantitative estimate of drug-likeness (QED) is 0.640. The maximum absolute atomic E-state index is 11.1. The lowest BCUT2D eigenvalue weighted by Crippen LogP contribution is -2.33. The van der Waals surface area contributed by atoms with Crippen molar-refractivity contribution in [2.24, 2.45) is 0 Å². The fourth-order valence-corrected chi connectivity index (χ4v) is 2.55. The van der Waals surface area contributed by atoms with Crippen molar-refractivity contribution in [3.63, 3.8) is 0 Å². The number of hydrogen-bond acceptors (Lipinski definition) is 5. The fraction of sp³-hybridized carbons (Fsp3) is 0.571. The zero-order valence-electron chi connectivity index (χ0n) is 11.8. The molecular formula is C14H21N3O3. The average Bonchev–Trinajstić information content (AvgIpc) is 2.47. The molecule has 1 aliphatic heterocycles. The van der Waals surface area contributed by atoms with Crippen LogP contribution in [0.5, 0.6) is 5.75 Å². The van der Waals surface area contributed by atoms with Crippen molar-refractivity contribution in [3.05, 3.63) is 28.3 Å². The number of nitrogens with zero attached hydrogens (tertiary/aromatic N) is 2. The van der Waals surface area contributed by atoms with Gasteiger partial charge < -0.3 is 15.0 Å². The van der Waals surface area contributed by atoms with E-state index in [1.165, 1.54) is 26.4 Å². The molecule has 0 unspecified atom stereocenters. The number of hydrogen-bond donors (Lipinski definition) is 1. The van der Waals surface area contributed by atoms with E-state index in [4.69, 9.17) is 4.74 Å². The van der Waals surface area contributed by atoms with Gasteiger partial charge in [-0.05, 0) is 38.1 Å². The molecule has 0 bridgehead atoms. The first-order valence-electron chi connectivity index (χ1n) is 7.00. The summed E-state index contributed by atoms with van der Waals surface area (Å²) in [5.74, 6) is 0.290. The highest BCUT2D eigenvalue weighted by atomic mass is 16.6. The van der Waals surface area contributed by atoms with Crippen molar-refractivity contribution < 1.29 is 9.66 Å². The summed E-state index contributed by atoms with van der Waals surface area (Å²) < 4.78 is 5.05. The van der Waals surface area contributed by atoms with Gasteiger partial charge in [-0.3, -0.25) is 10.1 Å². The SMILES string of the molecule is COc1cccc(NCCN2CCCCC2)c1[N+](=O)[O-]. The summed E-state index contributed by atoms with van der Waals surface area (Å²) in [5, 5.41) is 14.3. The van der Waals surface area contributed by atoms with Crippen molar-refractivity contribution >= 4 is 11.4 Å². The van der Waals surface area contributed by atoms with Crippen LogP contribution in [0, 0.1) is 10.1 Å². The lowest BCUT2D eigenvalue weighted by molar-refractivity contribution is -0.384. The summed E-state index contributed by atoms with van der Waals surface area (Å²) in [6, 6.07) is 5.08. The van der Waals surface area contributed by atoms with Crippen molar-refractivity contribution in [2.45, 2.75) is 19.3 Å². The van der Waals surface area contributed by atoms with Gasteiger partial charge in [-0.2, -0.15) is 0 Å². The molecule has 0 aliphatic carbocycles. The average molecular weight is 279 g/mol. The van der Waals surface area contributed by atoms with Gasteiger partial charge in [0.05, 0.1) is 12.0 Å². The lowest BCUT2D eigenvalue weighted by Gasteiger charge is -2.26. The summed E-state index contributed by atoms with van der Waals surface area (Å²) in [6.07, 6.45) is 3.81. The highest BCUT2D eigenvalue weighted by Gasteiger charge is 2.20. The normalized spacial score (nSPS) is 15.8. The third-order valence-electron chi connectivity index (χ3n) is 3.59. The molecule has 1 heterocycles. The smallest absolute Gasteiger partial charge is 0.333 e. The molecule has 1 fully saturated rings. The number of anilines is 1. The molecule has 0 aromatic heterocycles. The molecule has 2 rings (SSSR count). The summed E-state index contributed by atoms with van der Waals surface area (Å²) in [4.78, 5) is 13.1. The largest absolute Gasteiger partial charge is 0.490 e. The van der Waals surface area contributed by atoms with E-state index < -0.39 is 4.92 Å². The Morgan fingerprint density at radius 2 is 2.10 bits per heavy atom. The Morgan fingerprint density at radius 1 is 1.35 bits per heavy atom. The van der Waals surface area contributed by atoms with Crippen LogP contribution in [0.15, 0.2) is 18.2 Å². The zero-order valence-corrected chi connectivity index (χ0v) is 11.8. The lowest BCUT2D eigenvalue weighted by atomic mass is 10.1. The molecular weight excluding hydrogens is 258 g/mol. The van der Waals surface area contributed by atoms with E-state index >= 15 is 0 Å². The Labute approximate surface area is 118 Å². The van der Waals surface area contributed by atoms with E-state index in [1.807, 2.05) is 0 Å². The van der Waals surface area contributed by atoms with Gasteiger partial charge in [0.15, 0.2) is 5.75 Å². The number of nitro benzene ring substituents is 1. The Morgan fingerprint density at radius 3 is 2.75 bits per heavy atom. The van der Waals surface area contributed by atoms with Crippen molar-refractivity contribution in [2.75, 3.05) is 38.6 Å². The van der Waals surface area contributed by atoms with Crippen LogP contribution in [0.3, 0.4) is 0 Å².